The maximum absolute atomic E-state index is 11.1. The summed E-state index contributed by atoms with van der Waals surface area (Å²) in [6.45, 7) is 4.26. The van der Waals surface area contributed by atoms with Crippen molar-refractivity contribution in [2.75, 3.05) is 11.5 Å². The fourth-order valence-electron chi connectivity index (χ4n) is 1.61. The molecule has 0 saturated carbocycles. The lowest BCUT2D eigenvalue weighted by molar-refractivity contribution is 0.384. The molecule has 66 valence electrons. The third-order valence-electron chi connectivity index (χ3n) is 2.72. The summed E-state index contributed by atoms with van der Waals surface area (Å²) in [5, 5.41) is 0. The second-order valence-electron chi connectivity index (χ2n) is 3.55. The summed E-state index contributed by atoms with van der Waals surface area (Å²) < 4.78 is 22.1. The Kier molecular flexibility index (Phi) is 2.58. The van der Waals surface area contributed by atoms with Gasteiger partial charge < -0.3 is 0 Å². The largest absolute Gasteiger partial charge is 0.229 e. The molecule has 0 N–H and O–H groups in total. The third-order valence-corrected chi connectivity index (χ3v) is 4.51. The van der Waals surface area contributed by atoms with Crippen LogP contribution >= 0.6 is 0 Å². The monoisotopic (exact) mass is 176 g/mol. The van der Waals surface area contributed by atoms with Crippen molar-refractivity contribution in [1.29, 1.82) is 0 Å². The molecule has 2 nitrogen and oxygen atoms in total. The van der Waals surface area contributed by atoms with Crippen molar-refractivity contribution < 1.29 is 8.42 Å². The molecule has 1 fully saturated rings. The lowest BCUT2D eigenvalue weighted by atomic mass is 9.92. The summed E-state index contributed by atoms with van der Waals surface area (Å²) in [6.07, 6.45) is 1.98. The molecule has 0 amide bonds. The Bertz CT molecular complexity index is 218. The molecular weight excluding hydrogens is 160 g/mol. The van der Waals surface area contributed by atoms with Crippen LogP contribution in [0, 0.1) is 11.8 Å². The van der Waals surface area contributed by atoms with Gasteiger partial charge in [-0.3, -0.25) is 0 Å². The molecule has 1 rings (SSSR count). The van der Waals surface area contributed by atoms with Gasteiger partial charge in [-0.25, -0.2) is 8.42 Å². The van der Waals surface area contributed by atoms with Crippen molar-refractivity contribution >= 4 is 9.84 Å². The molecule has 0 aromatic rings. The van der Waals surface area contributed by atoms with Crippen LogP contribution in [0.3, 0.4) is 0 Å². The Labute approximate surface area is 68.9 Å². The van der Waals surface area contributed by atoms with E-state index < -0.39 is 9.84 Å². The number of sulfone groups is 1. The average molecular weight is 176 g/mol. The van der Waals surface area contributed by atoms with E-state index in [4.69, 9.17) is 0 Å². The minimum Gasteiger partial charge on any atom is -0.229 e. The van der Waals surface area contributed by atoms with E-state index in [1.165, 1.54) is 0 Å². The Morgan fingerprint density at radius 1 is 1.55 bits per heavy atom. The lowest BCUT2D eigenvalue weighted by Gasteiger charge is -2.14. The Morgan fingerprint density at radius 3 is 2.55 bits per heavy atom. The Morgan fingerprint density at radius 2 is 2.18 bits per heavy atom. The summed E-state index contributed by atoms with van der Waals surface area (Å²) in [4.78, 5) is 0. The highest BCUT2D eigenvalue weighted by atomic mass is 32.2. The first-order valence-corrected chi connectivity index (χ1v) is 6.07. The number of rotatable bonds is 2. The fraction of sp³-hybridized carbons (Fsp3) is 1.00. The molecule has 11 heavy (non-hydrogen) atoms. The Hall–Kier alpha value is -0.0500. The van der Waals surface area contributed by atoms with E-state index in [-0.39, 0.29) is 0 Å². The van der Waals surface area contributed by atoms with Crippen molar-refractivity contribution in [2.45, 2.75) is 26.7 Å². The van der Waals surface area contributed by atoms with Crippen molar-refractivity contribution in [3.8, 4) is 0 Å². The first-order valence-electron chi connectivity index (χ1n) is 4.25. The molecule has 2 atom stereocenters. The van der Waals surface area contributed by atoms with E-state index >= 15 is 0 Å². The molecule has 3 heteroatoms. The Balaban J connectivity index is 2.55. The second kappa shape index (κ2) is 3.13. The van der Waals surface area contributed by atoms with Gasteiger partial charge in [0.2, 0.25) is 0 Å². The molecule has 1 aliphatic heterocycles. The van der Waals surface area contributed by atoms with E-state index in [2.05, 4.69) is 13.8 Å². The van der Waals surface area contributed by atoms with Gasteiger partial charge in [-0.1, -0.05) is 20.3 Å². The van der Waals surface area contributed by atoms with Gasteiger partial charge in [0.15, 0.2) is 9.84 Å². The van der Waals surface area contributed by atoms with Gasteiger partial charge in [0.25, 0.3) is 0 Å². The zero-order valence-electron chi connectivity index (χ0n) is 7.21. The van der Waals surface area contributed by atoms with E-state index in [1.54, 1.807) is 0 Å². The zero-order chi connectivity index (χ0) is 8.48. The minimum atomic E-state index is -2.65. The van der Waals surface area contributed by atoms with Crippen LogP contribution in [0.15, 0.2) is 0 Å². The average Bonchev–Trinajstić information content (AvgIpc) is 2.29. The van der Waals surface area contributed by atoms with Gasteiger partial charge >= 0.3 is 0 Å². The van der Waals surface area contributed by atoms with E-state index in [0.717, 1.165) is 12.8 Å². The van der Waals surface area contributed by atoms with Gasteiger partial charge in [-0.2, -0.15) is 0 Å². The maximum atomic E-state index is 11.1. The van der Waals surface area contributed by atoms with Gasteiger partial charge in [-0.15, -0.1) is 0 Å². The molecular formula is C8H16O2S. The molecule has 0 aromatic carbocycles. The summed E-state index contributed by atoms with van der Waals surface area (Å²) in [7, 11) is -2.65. The first kappa shape index (κ1) is 9.04. The van der Waals surface area contributed by atoms with Crippen LogP contribution in [0.25, 0.3) is 0 Å². The van der Waals surface area contributed by atoms with Crippen molar-refractivity contribution in [3.05, 3.63) is 0 Å². The molecule has 1 saturated heterocycles. The molecule has 0 aliphatic carbocycles. The van der Waals surface area contributed by atoms with Crippen LogP contribution in [0.4, 0.5) is 0 Å². The van der Waals surface area contributed by atoms with Crippen molar-refractivity contribution in [2.24, 2.45) is 11.8 Å². The third kappa shape index (κ3) is 2.19. The molecule has 1 aliphatic rings. The van der Waals surface area contributed by atoms with Crippen LogP contribution in [-0.4, -0.2) is 19.9 Å². The van der Waals surface area contributed by atoms with Gasteiger partial charge in [0.1, 0.15) is 0 Å². The molecule has 0 bridgehead atoms. The van der Waals surface area contributed by atoms with Crippen LogP contribution in [0.2, 0.25) is 0 Å². The van der Waals surface area contributed by atoms with Crippen LogP contribution < -0.4 is 0 Å². The number of hydrogen-bond acceptors (Lipinski definition) is 2. The SMILES string of the molecule is CCC(C)C1CCS(=O)(=O)C1. The van der Waals surface area contributed by atoms with E-state index in [9.17, 15) is 8.42 Å². The highest BCUT2D eigenvalue weighted by Crippen LogP contribution is 2.27. The van der Waals surface area contributed by atoms with Crippen LogP contribution in [0.5, 0.6) is 0 Å². The zero-order valence-corrected chi connectivity index (χ0v) is 8.02. The second-order valence-corrected chi connectivity index (χ2v) is 5.78. The molecule has 0 aromatic heterocycles. The quantitative estimate of drug-likeness (QED) is 0.638. The highest BCUT2D eigenvalue weighted by Gasteiger charge is 2.30. The predicted octanol–water partition coefficient (Wildman–Crippen LogP) is 1.47. The number of hydrogen-bond donors (Lipinski definition) is 0. The molecule has 0 spiro atoms. The molecule has 2 unspecified atom stereocenters. The minimum absolute atomic E-state index is 0.419. The van der Waals surface area contributed by atoms with Crippen molar-refractivity contribution in [1.82, 2.24) is 0 Å². The van der Waals surface area contributed by atoms with Gasteiger partial charge in [0.05, 0.1) is 11.5 Å². The highest BCUT2D eigenvalue weighted by molar-refractivity contribution is 7.91. The predicted molar refractivity (Wildman–Crippen MR) is 46.2 cm³/mol. The standard InChI is InChI=1S/C8H16O2S/c1-3-7(2)8-4-5-11(9,10)6-8/h7-8H,3-6H2,1-2H3. The molecule has 0 radical (unpaired) electrons. The van der Waals surface area contributed by atoms with Crippen molar-refractivity contribution in [3.63, 3.8) is 0 Å². The summed E-state index contributed by atoms with van der Waals surface area (Å²) in [5.74, 6) is 1.86. The topological polar surface area (TPSA) is 34.1 Å². The maximum Gasteiger partial charge on any atom is 0.150 e. The van der Waals surface area contributed by atoms with E-state index in [1.807, 2.05) is 0 Å². The summed E-state index contributed by atoms with van der Waals surface area (Å²) in [6, 6.07) is 0. The summed E-state index contributed by atoms with van der Waals surface area (Å²) >= 11 is 0. The van der Waals surface area contributed by atoms with Crippen LogP contribution in [-0.2, 0) is 9.84 Å². The molecule has 1 heterocycles. The van der Waals surface area contributed by atoms with Gasteiger partial charge in [-0.05, 0) is 18.3 Å². The summed E-state index contributed by atoms with van der Waals surface area (Å²) in [5.41, 5.74) is 0. The van der Waals surface area contributed by atoms with E-state index in [0.29, 0.717) is 23.3 Å². The normalized spacial score (nSPS) is 32.0. The lowest BCUT2D eigenvalue weighted by Crippen LogP contribution is -2.12. The smallest absolute Gasteiger partial charge is 0.150 e. The first-order chi connectivity index (χ1) is 5.05. The van der Waals surface area contributed by atoms with Gasteiger partial charge in [0, 0.05) is 0 Å². The fourth-order valence-corrected chi connectivity index (χ4v) is 3.58. The van der Waals surface area contributed by atoms with Crippen LogP contribution in [0.1, 0.15) is 26.7 Å².